The van der Waals surface area contributed by atoms with Crippen LogP contribution in [0.3, 0.4) is 0 Å². The second-order valence-corrected chi connectivity index (χ2v) is 8.22. The molecule has 1 N–H and O–H groups in total. The third-order valence-electron chi connectivity index (χ3n) is 3.95. The second-order valence-electron chi connectivity index (χ2n) is 5.46. The van der Waals surface area contributed by atoms with Gasteiger partial charge in [-0.2, -0.15) is 11.3 Å². The predicted octanol–water partition coefficient (Wildman–Crippen LogP) is 1.22. The minimum absolute atomic E-state index is 0.0227. The maximum atomic E-state index is 12.2. The average molecular weight is 346 g/mol. The Bertz CT molecular complexity index is 578. The number of amides is 1. The van der Waals surface area contributed by atoms with Gasteiger partial charge >= 0.3 is 0 Å². The minimum Gasteiger partial charge on any atom is -0.375 e. The highest BCUT2D eigenvalue weighted by Gasteiger charge is 2.29. The van der Waals surface area contributed by atoms with Crippen molar-refractivity contribution in [3.05, 3.63) is 22.4 Å². The molecule has 124 valence electrons. The Hall–Kier alpha value is -0.960. The molecule has 1 aromatic rings. The van der Waals surface area contributed by atoms with E-state index in [0.717, 1.165) is 5.56 Å². The van der Waals surface area contributed by atoms with Crippen molar-refractivity contribution in [2.45, 2.75) is 18.9 Å². The van der Waals surface area contributed by atoms with Crippen molar-refractivity contribution >= 4 is 27.3 Å². The number of methoxy groups -OCH3 is 1. The van der Waals surface area contributed by atoms with E-state index in [1.807, 2.05) is 16.8 Å². The first kappa shape index (κ1) is 17.4. The first-order valence-corrected chi connectivity index (χ1v) is 9.98. The molecule has 0 aromatic carbocycles. The maximum Gasteiger partial charge on any atom is 0.223 e. The van der Waals surface area contributed by atoms with E-state index in [-0.39, 0.29) is 17.9 Å². The van der Waals surface area contributed by atoms with Crippen molar-refractivity contribution in [2.75, 3.05) is 33.0 Å². The Morgan fingerprint density at radius 2 is 2.18 bits per heavy atom. The van der Waals surface area contributed by atoms with Crippen LogP contribution in [-0.2, 0) is 19.6 Å². The molecule has 1 fully saturated rings. The van der Waals surface area contributed by atoms with E-state index in [0.29, 0.717) is 32.5 Å². The molecule has 0 saturated carbocycles. The van der Waals surface area contributed by atoms with E-state index in [4.69, 9.17) is 4.74 Å². The molecule has 1 saturated heterocycles. The molecule has 22 heavy (non-hydrogen) atoms. The van der Waals surface area contributed by atoms with E-state index in [1.165, 1.54) is 10.6 Å². The van der Waals surface area contributed by atoms with Gasteiger partial charge < -0.3 is 10.1 Å². The van der Waals surface area contributed by atoms with Gasteiger partial charge in [0.25, 0.3) is 0 Å². The molecule has 8 heteroatoms. The van der Waals surface area contributed by atoms with Gasteiger partial charge in [0.15, 0.2) is 0 Å². The molecule has 1 aliphatic rings. The fourth-order valence-electron chi connectivity index (χ4n) is 2.58. The number of carbonyl (C=O) groups excluding carboxylic acids is 1. The molecular formula is C14H22N2O4S2. The van der Waals surface area contributed by atoms with Gasteiger partial charge in [0.1, 0.15) is 6.10 Å². The zero-order valence-electron chi connectivity index (χ0n) is 12.8. The van der Waals surface area contributed by atoms with Gasteiger partial charge in [-0.1, -0.05) is 0 Å². The number of rotatable bonds is 6. The summed E-state index contributed by atoms with van der Waals surface area (Å²) in [5.41, 5.74) is 1.06. The Labute approximate surface area is 135 Å². The summed E-state index contributed by atoms with van der Waals surface area (Å²) in [7, 11) is -1.53. The largest absolute Gasteiger partial charge is 0.375 e. The van der Waals surface area contributed by atoms with E-state index in [2.05, 4.69) is 5.32 Å². The number of nitrogens with one attached hydrogen (secondary N) is 1. The quantitative estimate of drug-likeness (QED) is 0.840. The van der Waals surface area contributed by atoms with E-state index >= 15 is 0 Å². The Morgan fingerprint density at radius 1 is 1.50 bits per heavy atom. The molecule has 1 aromatic heterocycles. The van der Waals surface area contributed by atoms with Crippen LogP contribution in [0.2, 0.25) is 0 Å². The number of hydrogen-bond acceptors (Lipinski definition) is 5. The van der Waals surface area contributed by atoms with Crippen molar-refractivity contribution < 1.29 is 17.9 Å². The molecule has 1 unspecified atom stereocenters. The molecule has 0 bridgehead atoms. The molecule has 2 rings (SSSR count). The highest BCUT2D eigenvalue weighted by Crippen LogP contribution is 2.21. The van der Waals surface area contributed by atoms with Gasteiger partial charge in [0.05, 0.1) is 6.26 Å². The number of hydrogen-bond donors (Lipinski definition) is 1. The van der Waals surface area contributed by atoms with Crippen LogP contribution >= 0.6 is 11.3 Å². The molecule has 1 aliphatic heterocycles. The van der Waals surface area contributed by atoms with Crippen molar-refractivity contribution in [1.82, 2.24) is 9.62 Å². The van der Waals surface area contributed by atoms with E-state index in [9.17, 15) is 13.2 Å². The Morgan fingerprint density at radius 3 is 2.68 bits per heavy atom. The normalized spacial score (nSPS) is 19.0. The smallest absolute Gasteiger partial charge is 0.223 e. The second kappa shape index (κ2) is 7.54. The Balaban J connectivity index is 1.81. The molecule has 1 amide bonds. The standard InChI is InChI=1S/C14H22N2O4S2/c1-20-13(12-5-8-21-10-12)9-15-14(17)11-3-6-16(7-4-11)22(2,18)19/h5,8,10-11,13H,3-4,6-7,9H2,1-2H3,(H,15,17). The number of sulfonamides is 1. The molecule has 0 aliphatic carbocycles. The van der Waals surface area contributed by atoms with Crippen LogP contribution in [0.5, 0.6) is 0 Å². The summed E-state index contributed by atoms with van der Waals surface area (Å²) in [5, 5.41) is 6.90. The average Bonchev–Trinajstić information content (AvgIpc) is 3.01. The summed E-state index contributed by atoms with van der Waals surface area (Å²) in [6.45, 7) is 1.25. The van der Waals surface area contributed by atoms with Crippen LogP contribution in [0.1, 0.15) is 24.5 Å². The summed E-state index contributed by atoms with van der Waals surface area (Å²) >= 11 is 1.59. The lowest BCUT2D eigenvalue weighted by Gasteiger charge is -2.29. The third-order valence-corrected chi connectivity index (χ3v) is 5.96. The summed E-state index contributed by atoms with van der Waals surface area (Å²) in [6.07, 6.45) is 2.19. The summed E-state index contributed by atoms with van der Waals surface area (Å²) in [4.78, 5) is 12.2. The van der Waals surface area contributed by atoms with Crippen LogP contribution in [0.4, 0.5) is 0 Å². The number of ether oxygens (including phenoxy) is 1. The lowest BCUT2D eigenvalue weighted by Crippen LogP contribution is -2.43. The van der Waals surface area contributed by atoms with Crippen molar-refractivity contribution in [1.29, 1.82) is 0 Å². The summed E-state index contributed by atoms with van der Waals surface area (Å²) < 4.78 is 29.7. The van der Waals surface area contributed by atoms with Gasteiger partial charge in [-0.3, -0.25) is 4.79 Å². The predicted molar refractivity (Wildman–Crippen MR) is 86.2 cm³/mol. The highest BCUT2D eigenvalue weighted by molar-refractivity contribution is 7.88. The topological polar surface area (TPSA) is 75.7 Å². The van der Waals surface area contributed by atoms with Gasteiger partial charge in [-0.25, -0.2) is 12.7 Å². The molecule has 0 spiro atoms. The molecule has 1 atom stereocenters. The minimum atomic E-state index is -3.15. The third kappa shape index (κ3) is 4.52. The van der Waals surface area contributed by atoms with Crippen molar-refractivity contribution in [3.8, 4) is 0 Å². The van der Waals surface area contributed by atoms with Crippen LogP contribution in [-0.4, -0.2) is 51.6 Å². The first-order chi connectivity index (χ1) is 10.4. The van der Waals surface area contributed by atoms with Crippen LogP contribution in [0, 0.1) is 5.92 Å². The number of carbonyl (C=O) groups is 1. The van der Waals surface area contributed by atoms with Crippen molar-refractivity contribution in [2.24, 2.45) is 5.92 Å². The van der Waals surface area contributed by atoms with Crippen LogP contribution < -0.4 is 5.32 Å². The SMILES string of the molecule is COC(CNC(=O)C1CCN(S(C)(=O)=O)CC1)c1ccsc1. The van der Waals surface area contributed by atoms with Crippen LogP contribution in [0.15, 0.2) is 16.8 Å². The molecular weight excluding hydrogens is 324 g/mol. The monoisotopic (exact) mass is 346 g/mol. The lowest BCUT2D eigenvalue weighted by molar-refractivity contribution is -0.126. The van der Waals surface area contributed by atoms with Gasteiger partial charge in [0.2, 0.25) is 15.9 Å². The van der Waals surface area contributed by atoms with Crippen molar-refractivity contribution in [3.63, 3.8) is 0 Å². The molecule has 2 heterocycles. The maximum absolute atomic E-state index is 12.2. The highest BCUT2D eigenvalue weighted by atomic mass is 32.2. The summed E-state index contributed by atoms with van der Waals surface area (Å²) in [6, 6.07) is 1.98. The Kier molecular flexibility index (Phi) is 5.96. The number of thiophene rings is 1. The van der Waals surface area contributed by atoms with Gasteiger partial charge in [-0.15, -0.1) is 0 Å². The van der Waals surface area contributed by atoms with Gasteiger partial charge in [0, 0.05) is 32.7 Å². The number of piperidine rings is 1. The zero-order valence-corrected chi connectivity index (χ0v) is 14.5. The number of nitrogens with zero attached hydrogens (tertiary/aromatic N) is 1. The van der Waals surface area contributed by atoms with E-state index in [1.54, 1.807) is 18.4 Å². The van der Waals surface area contributed by atoms with Crippen LogP contribution in [0.25, 0.3) is 0 Å². The van der Waals surface area contributed by atoms with E-state index < -0.39 is 10.0 Å². The summed E-state index contributed by atoms with van der Waals surface area (Å²) in [5.74, 6) is -0.150. The fraction of sp³-hybridized carbons (Fsp3) is 0.643. The molecule has 0 radical (unpaired) electrons. The fourth-order valence-corrected chi connectivity index (χ4v) is 4.16. The lowest BCUT2D eigenvalue weighted by atomic mass is 9.97. The first-order valence-electron chi connectivity index (χ1n) is 7.19. The van der Waals surface area contributed by atoms with Gasteiger partial charge in [-0.05, 0) is 35.2 Å². The molecule has 6 nitrogen and oxygen atoms in total. The zero-order chi connectivity index (χ0) is 16.2.